The zero-order valence-corrected chi connectivity index (χ0v) is 8.73. The fraction of sp³-hybridized carbons (Fsp3) is 0.300. The lowest BCUT2D eigenvalue weighted by Crippen LogP contribution is -2.13. The maximum absolute atomic E-state index is 11.6. The highest BCUT2D eigenvalue weighted by atomic mass is 16.5. The maximum Gasteiger partial charge on any atom is 0.342 e. The molecule has 80 valence electrons. The van der Waals surface area contributed by atoms with Crippen LogP contribution in [0.3, 0.4) is 0 Å². The molecule has 0 fully saturated rings. The quantitative estimate of drug-likeness (QED) is 0.584. The number of ether oxygens (including phenoxy) is 1. The molecule has 0 aliphatic heterocycles. The van der Waals surface area contributed by atoms with Crippen molar-refractivity contribution in [2.45, 2.75) is 13.8 Å². The van der Waals surface area contributed by atoms with Crippen LogP contribution in [0.25, 0.3) is 5.57 Å². The summed E-state index contributed by atoms with van der Waals surface area (Å²) in [4.78, 5) is 19.4. The topological polar surface area (TPSA) is 78.1 Å². The van der Waals surface area contributed by atoms with Gasteiger partial charge in [-0.25, -0.2) is 4.79 Å². The first-order chi connectivity index (χ1) is 7.16. The van der Waals surface area contributed by atoms with E-state index in [1.807, 2.05) is 0 Å². The maximum atomic E-state index is 11.6. The first kappa shape index (κ1) is 11.2. The van der Waals surface area contributed by atoms with Crippen molar-refractivity contribution in [3.8, 4) is 0 Å². The number of allylic oxidation sites excluding steroid dienone is 1. The van der Waals surface area contributed by atoms with E-state index in [9.17, 15) is 4.79 Å². The molecule has 0 saturated heterocycles. The van der Waals surface area contributed by atoms with E-state index in [0.717, 1.165) is 0 Å². The summed E-state index contributed by atoms with van der Waals surface area (Å²) in [6.07, 6.45) is 4.50. The molecule has 0 aromatic carbocycles. The molecule has 5 heteroatoms. The fourth-order valence-electron chi connectivity index (χ4n) is 1.10. The van der Waals surface area contributed by atoms with Crippen LogP contribution >= 0.6 is 0 Å². The monoisotopic (exact) mass is 207 g/mol. The number of carbonyl (C=O) groups excluding carboxylic acids is 1. The SMILES string of the molecule is CCOC(=O)C(=C(C)N)c1cnccn1. The van der Waals surface area contributed by atoms with Crippen molar-refractivity contribution in [1.82, 2.24) is 9.97 Å². The van der Waals surface area contributed by atoms with Gasteiger partial charge in [-0.2, -0.15) is 0 Å². The number of nitrogens with two attached hydrogens (primary N) is 1. The standard InChI is InChI=1S/C10H13N3O2/c1-3-15-10(14)9(7(2)11)8-6-12-4-5-13-8/h4-6H,3,11H2,1-2H3. The lowest BCUT2D eigenvalue weighted by Gasteiger charge is -2.07. The van der Waals surface area contributed by atoms with Crippen molar-refractivity contribution >= 4 is 11.5 Å². The largest absolute Gasteiger partial charge is 0.462 e. The van der Waals surface area contributed by atoms with E-state index in [1.165, 1.54) is 18.6 Å². The Balaban J connectivity index is 3.06. The highest BCUT2D eigenvalue weighted by Crippen LogP contribution is 2.14. The average Bonchev–Trinajstić information content (AvgIpc) is 2.19. The molecule has 1 aromatic heterocycles. The van der Waals surface area contributed by atoms with E-state index in [1.54, 1.807) is 13.8 Å². The number of hydrogen-bond donors (Lipinski definition) is 1. The van der Waals surface area contributed by atoms with Crippen LogP contribution in [-0.4, -0.2) is 22.5 Å². The molecule has 2 N–H and O–H groups in total. The van der Waals surface area contributed by atoms with Gasteiger partial charge in [0.2, 0.25) is 0 Å². The molecule has 0 bridgehead atoms. The smallest absolute Gasteiger partial charge is 0.342 e. The van der Waals surface area contributed by atoms with E-state index in [2.05, 4.69) is 9.97 Å². The zero-order valence-electron chi connectivity index (χ0n) is 8.73. The molecule has 0 radical (unpaired) electrons. The van der Waals surface area contributed by atoms with Gasteiger partial charge in [0.15, 0.2) is 0 Å². The third-order valence-electron chi connectivity index (χ3n) is 1.69. The van der Waals surface area contributed by atoms with Gasteiger partial charge in [-0.15, -0.1) is 0 Å². The number of nitrogens with zero attached hydrogens (tertiary/aromatic N) is 2. The molecule has 0 atom stereocenters. The molecule has 0 spiro atoms. The van der Waals surface area contributed by atoms with E-state index >= 15 is 0 Å². The minimum absolute atomic E-state index is 0.268. The van der Waals surface area contributed by atoms with Crippen molar-refractivity contribution in [2.24, 2.45) is 5.73 Å². The van der Waals surface area contributed by atoms with Gasteiger partial charge in [-0.1, -0.05) is 0 Å². The normalized spacial score (nSPS) is 11.9. The van der Waals surface area contributed by atoms with Crippen molar-refractivity contribution in [2.75, 3.05) is 6.61 Å². The van der Waals surface area contributed by atoms with E-state index in [0.29, 0.717) is 18.0 Å². The van der Waals surface area contributed by atoms with Gasteiger partial charge < -0.3 is 10.5 Å². The number of hydrogen-bond acceptors (Lipinski definition) is 5. The summed E-state index contributed by atoms with van der Waals surface area (Å²) in [6.45, 7) is 3.66. The molecule has 5 nitrogen and oxygen atoms in total. The predicted octanol–water partition coefficient (Wildman–Crippen LogP) is 0.729. The Hall–Kier alpha value is -1.91. The minimum atomic E-state index is -0.474. The highest BCUT2D eigenvalue weighted by Gasteiger charge is 2.16. The molecule has 1 rings (SSSR count). The van der Waals surface area contributed by atoms with Crippen LogP contribution in [0.2, 0.25) is 0 Å². The lowest BCUT2D eigenvalue weighted by molar-refractivity contribution is -0.136. The second kappa shape index (κ2) is 5.09. The Labute approximate surface area is 88.0 Å². The van der Waals surface area contributed by atoms with Crippen LogP contribution in [0.4, 0.5) is 0 Å². The third-order valence-corrected chi connectivity index (χ3v) is 1.69. The molecule has 0 unspecified atom stereocenters. The zero-order chi connectivity index (χ0) is 11.3. The summed E-state index contributed by atoms with van der Waals surface area (Å²) < 4.78 is 4.88. The highest BCUT2D eigenvalue weighted by molar-refractivity contribution is 6.16. The molecular weight excluding hydrogens is 194 g/mol. The van der Waals surface area contributed by atoms with Crippen molar-refractivity contribution < 1.29 is 9.53 Å². The molecular formula is C10H13N3O2. The van der Waals surface area contributed by atoms with E-state index in [-0.39, 0.29) is 5.57 Å². The predicted molar refractivity (Wildman–Crippen MR) is 55.4 cm³/mol. The molecule has 0 aliphatic rings. The van der Waals surface area contributed by atoms with Crippen molar-refractivity contribution in [1.29, 1.82) is 0 Å². The number of carbonyl (C=O) groups is 1. The minimum Gasteiger partial charge on any atom is -0.462 e. The van der Waals surface area contributed by atoms with Crippen molar-refractivity contribution in [3.05, 3.63) is 30.0 Å². The van der Waals surface area contributed by atoms with E-state index < -0.39 is 5.97 Å². The van der Waals surface area contributed by atoms with Crippen LogP contribution in [0.15, 0.2) is 24.3 Å². The van der Waals surface area contributed by atoms with Crippen LogP contribution in [0.5, 0.6) is 0 Å². The van der Waals surface area contributed by atoms with Crippen LogP contribution < -0.4 is 5.73 Å². The van der Waals surface area contributed by atoms with Gasteiger partial charge >= 0.3 is 5.97 Å². The van der Waals surface area contributed by atoms with Crippen LogP contribution in [0.1, 0.15) is 19.5 Å². The molecule has 0 aliphatic carbocycles. The Kier molecular flexibility index (Phi) is 3.79. The molecule has 15 heavy (non-hydrogen) atoms. The number of aromatic nitrogens is 2. The number of esters is 1. The first-order valence-corrected chi connectivity index (χ1v) is 4.56. The van der Waals surface area contributed by atoms with Crippen molar-refractivity contribution in [3.63, 3.8) is 0 Å². The van der Waals surface area contributed by atoms with Gasteiger partial charge in [-0.05, 0) is 13.8 Å². The van der Waals surface area contributed by atoms with Crippen LogP contribution in [-0.2, 0) is 9.53 Å². The molecule has 1 aromatic rings. The molecule has 0 saturated carbocycles. The summed E-state index contributed by atoms with van der Waals surface area (Å²) in [5.74, 6) is -0.474. The second-order valence-electron chi connectivity index (χ2n) is 2.87. The van der Waals surface area contributed by atoms with Crippen LogP contribution in [0, 0.1) is 0 Å². The summed E-state index contributed by atoms with van der Waals surface area (Å²) in [5.41, 5.74) is 6.68. The number of rotatable bonds is 3. The van der Waals surface area contributed by atoms with Gasteiger partial charge in [0.25, 0.3) is 0 Å². The van der Waals surface area contributed by atoms with Gasteiger partial charge in [0.1, 0.15) is 5.57 Å². The Morgan fingerprint density at radius 1 is 1.53 bits per heavy atom. The summed E-state index contributed by atoms with van der Waals surface area (Å²) in [6, 6.07) is 0. The van der Waals surface area contributed by atoms with Gasteiger partial charge in [0.05, 0.1) is 18.5 Å². The first-order valence-electron chi connectivity index (χ1n) is 4.56. The second-order valence-corrected chi connectivity index (χ2v) is 2.87. The third kappa shape index (κ3) is 2.77. The Morgan fingerprint density at radius 2 is 2.27 bits per heavy atom. The van der Waals surface area contributed by atoms with Gasteiger partial charge in [0, 0.05) is 18.1 Å². The molecule has 0 amide bonds. The summed E-state index contributed by atoms with van der Waals surface area (Å²) >= 11 is 0. The Bertz CT molecular complexity index is 370. The summed E-state index contributed by atoms with van der Waals surface area (Å²) in [5, 5.41) is 0. The summed E-state index contributed by atoms with van der Waals surface area (Å²) in [7, 11) is 0. The molecule has 1 heterocycles. The average molecular weight is 207 g/mol. The fourth-order valence-corrected chi connectivity index (χ4v) is 1.10. The lowest BCUT2D eigenvalue weighted by atomic mass is 10.1. The van der Waals surface area contributed by atoms with Gasteiger partial charge in [-0.3, -0.25) is 9.97 Å². The Morgan fingerprint density at radius 3 is 2.73 bits per heavy atom. The van der Waals surface area contributed by atoms with E-state index in [4.69, 9.17) is 10.5 Å².